The van der Waals surface area contributed by atoms with Crippen molar-refractivity contribution in [3.63, 3.8) is 0 Å². The zero-order valence-electron chi connectivity index (χ0n) is 37.1. The standard InChI is InChI=1S/C64H51N/c1-63(2)57-28-13-9-24-51(57)54-26-17-27-55(62(54)63)53-25-12-16-31-61(53)65(47-35-37-52-50-23-10-14-29-58(50)64(59(52)40-47)41-42-32-34-46(64)38-42)60-30-15-11-22-49(60)45-33-36-48(43-18-5-3-6-19-43)56(39-45)44-20-7-4-8-21-44/h3-31,33,35-37,39-40,42,46H,32,34,38,41H2,1-2H3. The first kappa shape index (κ1) is 38.3. The molecule has 2 fully saturated rings. The molecule has 0 aliphatic heterocycles. The van der Waals surface area contributed by atoms with Gasteiger partial charge in [0.1, 0.15) is 0 Å². The third kappa shape index (κ3) is 5.71. The Hall–Kier alpha value is -7.22. The highest BCUT2D eigenvalue weighted by Crippen LogP contribution is 2.66. The van der Waals surface area contributed by atoms with Crippen LogP contribution < -0.4 is 4.90 Å². The minimum absolute atomic E-state index is 0.0590. The molecule has 0 amide bonds. The molecule has 4 aliphatic rings. The number of fused-ring (bicyclic) bond motifs is 11. The van der Waals surface area contributed by atoms with Crippen LogP contribution in [0.25, 0.3) is 66.8 Å². The zero-order valence-corrected chi connectivity index (χ0v) is 37.1. The lowest BCUT2D eigenvalue weighted by molar-refractivity contribution is 0.327. The van der Waals surface area contributed by atoms with Gasteiger partial charge >= 0.3 is 0 Å². The maximum Gasteiger partial charge on any atom is 0.0540 e. The first-order valence-electron chi connectivity index (χ1n) is 23.7. The lowest BCUT2D eigenvalue weighted by Crippen LogP contribution is -2.32. The Morgan fingerprint density at radius 3 is 1.62 bits per heavy atom. The van der Waals surface area contributed by atoms with Crippen molar-refractivity contribution in [2.45, 2.75) is 50.4 Å². The predicted molar refractivity (Wildman–Crippen MR) is 272 cm³/mol. The van der Waals surface area contributed by atoms with Crippen LogP contribution in [0.5, 0.6) is 0 Å². The molecule has 1 nitrogen and oxygen atoms in total. The van der Waals surface area contributed by atoms with E-state index < -0.39 is 0 Å². The summed E-state index contributed by atoms with van der Waals surface area (Å²) < 4.78 is 0. The average Bonchev–Trinajstić information content (AvgIpc) is 4.12. The van der Waals surface area contributed by atoms with Gasteiger partial charge in [0.25, 0.3) is 0 Å². The summed E-state index contributed by atoms with van der Waals surface area (Å²) in [5.41, 5.74) is 24.7. The highest BCUT2D eigenvalue weighted by molar-refractivity contribution is 5.99. The van der Waals surface area contributed by atoms with Gasteiger partial charge in [-0.1, -0.05) is 202 Å². The second kappa shape index (κ2) is 14.7. The van der Waals surface area contributed by atoms with Crippen molar-refractivity contribution in [2.75, 3.05) is 4.90 Å². The highest BCUT2D eigenvalue weighted by atomic mass is 15.1. The van der Waals surface area contributed by atoms with Gasteiger partial charge in [0.2, 0.25) is 0 Å². The molecule has 1 spiro atoms. The maximum atomic E-state index is 2.62. The summed E-state index contributed by atoms with van der Waals surface area (Å²) in [4.78, 5) is 2.61. The van der Waals surface area contributed by atoms with E-state index in [1.165, 1.54) is 126 Å². The molecule has 3 unspecified atom stereocenters. The van der Waals surface area contributed by atoms with E-state index in [0.717, 1.165) is 5.92 Å². The molecule has 0 saturated heterocycles. The maximum absolute atomic E-state index is 2.62. The number of nitrogens with zero attached hydrogens (tertiary/aromatic N) is 1. The number of benzene rings is 9. The van der Waals surface area contributed by atoms with Crippen LogP contribution in [-0.2, 0) is 10.8 Å². The van der Waals surface area contributed by atoms with E-state index in [0.29, 0.717) is 5.92 Å². The van der Waals surface area contributed by atoms with E-state index >= 15 is 0 Å². The second-order valence-corrected chi connectivity index (χ2v) is 19.6. The Morgan fingerprint density at radius 2 is 0.923 bits per heavy atom. The summed E-state index contributed by atoms with van der Waals surface area (Å²) >= 11 is 0. The molecule has 0 N–H and O–H groups in total. The second-order valence-electron chi connectivity index (χ2n) is 19.6. The summed E-state index contributed by atoms with van der Waals surface area (Å²) in [6, 6.07) is 80.0. The van der Waals surface area contributed by atoms with Crippen molar-refractivity contribution >= 4 is 17.1 Å². The van der Waals surface area contributed by atoms with Gasteiger partial charge in [-0.05, 0) is 139 Å². The van der Waals surface area contributed by atoms with Gasteiger partial charge in [0.05, 0.1) is 11.4 Å². The normalized spacial score (nSPS) is 19.2. The molecule has 9 aromatic carbocycles. The summed E-state index contributed by atoms with van der Waals surface area (Å²) in [6.07, 6.45) is 5.28. The van der Waals surface area contributed by atoms with Crippen molar-refractivity contribution in [1.82, 2.24) is 0 Å². The molecule has 1 heteroatoms. The molecule has 3 atom stereocenters. The molecular formula is C64H51N. The number of hydrogen-bond acceptors (Lipinski definition) is 1. The van der Waals surface area contributed by atoms with Crippen LogP contribution in [0.2, 0.25) is 0 Å². The van der Waals surface area contributed by atoms with Gasteiger partial charge in [0, 0.05) is 27.6 Å². The van der Waals surface area contributed by atoms with E-state index in [1.807, 2.05) is 0 Å². The first-order chi connectivity index (χ1) is 32.0. The molecule has 0 aromatic heterocycles. The van der Waals surface area contributed by atoms with Gasteiger partial charge in [-0.25, -0.2) is 0 Å². The Kier molecular flexibility index (Phi) is 8.63. The van der Waals surface area contributed by atoms with Crippen molar-refractivity contribution in [2.24, 2.45) is 11.8 Å². The fourth-order valence-corrected chi connectivity index (χ4v) is 13.2. The molecule has 312 valence electrons. The molecule has 4 aliphatic carbocycles. The number of hydrogen-bond donors (Lipinski definition) is 0. The van der Waals surface area contributed by atoms with E-state index in [4.69, 9.17) is 0 Å². The Morgan fingerprint density at radius 1 is 0.385 bits per heavy atom. The first-order valence-corrected chi connectivity index (χ1v) is 23.7. The van der Waals surface area contributed by atoms with Crippen molar-refractivity contribution < 1.29 is 0 Å². The minimum atomic E-state index is -0.166. The average molecular weight is 834 g/mol. The molecule has 0 heterocycles. The predicted octanol–water partition coefficient (Wildman–Crippen LogP) is 17.2. The van der Waals surface area contributed by atoms with E-state index in [9.17, 15) is 0 Å². The van der Waals surface area contributed by atoms with Crippen LogP contribution >= 0.6 is 0 Å². The lowest BCUT2D eigenvalue weighted by Gasteiger charge is -2.37. The van der Waals surface area contributed by atoms with Crippen molar-refractivity contribution in [1.29, 1.82) is 0 Å². The smallest absolute Gasteiger partial charge is 0.0540 e. The number of rotatable bonds is 7. The number of para-hydroxylation sites is 2. The molecule has 9 aromatic rings. The quantitative estimate of drug-likeness (QED) is 0.155. The van der Waals surface area contributed by atoms with Crippen molar-refractivity contribution in [3.8, 4) is 66.8 Å². The zero-order chi connectivity index (χ0) is 43.3. The third-order valence-corrected chi connectivity index (χ3v) is 15.9. The fourth-order valence-electron chi connectivity index (χ4n) is 13.2. The fraction of sp³-hybridized carbons (Fsp3) is 0.156. The van der Waals surface area contributed by atoms with Crippen LogP contribution in [0.4, 0.5) is 17.1 Å². The molecular weight excluding hydrogens is 783 g/mol. The van der Waals surface area contributed by atoms with E-state index in [2.05, 4.69) is 231 Å². The van der Waals surface area contributed by atoms with Gasteiger partial charge < -0.3 is 4.90 Å². The molecule has 65 heavy (non-hydrogen) atoms. The summed E-state index contributed by atoms with van der Waals surface area (Å²) in [7, 11) is 0. The van der Waals surface area contributed by atoms with Crippen LogP contribution in [0.15, 0.2) is 212 Å². The summed E-state index contributed by atoms with van der Waals surface area (Å²) in [5.74, 6) is 1.47. The van der Waals surface area contributed by atoms with Gasteiger partial charge in [-0.3, -0.25) is 0 Å². The van der Waals surface area contributed by atoms with E-state index in [-0.39, 0.29) is 10.8 Å². The minimum Gasteiger partial charge on any atom is -0.309 e. The largest absolute Gasteiger partial charge is 0.309 e. The van der Waals surface area contributed by atoms with Crippen LogP contribution in [0.1, 0.15) is 61.8 Å². The van der Waals surface area contributed by atoms with Crippen LogP contribution in [0, 0.1) is 11.8 Å². The Balaban J connectivity index is 1.06. The van der Waals surface area contributed by atoms with E-state index in [1.54, 1.807) is 5.56 Å². The SMILES string of the molecule is CC1(C)c2ccccc2-c2cccc(-c3ccccc3N(c3ccc4c(c3)C3(CC5CCC3C5)c3ccccc3-4)c3ccccc3-c3ccc(-c4ccccc4)c(-c4ccccc4)c3)c21. The Labute approximate surface area is 383 Å². The van der Waals surface area contributed by atoms with Gasteiger partial charge in [-0.2, -0.15) is 0 Å². The molecule has 0 radical (unpaired) electrons. The summed E-state index contributed by atoms with van der Waals surface area (Å²) in [5, 5.41) is 0. The topological polar surface area (TPSA) is 3.24 Å². The van der Waals surface area contributed by atoms with Crippen LogP contribution in [-0.4, -0.2) is 0 Å². The molecule has 2 saturated carbocycles. The number of anilines is 3. The molecule has 13 rings (SSSR count). The summed E-state index contributed by atoms with van der Waals surface area (Å²) in [6.45, 7) is 4.82. The van der Waals surface area contributed by atoms with Crippen LogP contribution in [0.3, 0.4) is 0 Å². The lowest BCUT2D eigenvalue weighted by atomic mass is 9.67. The third-order valence-electron chi connectivity index (χ3n) is 15.9. The van der Waals surface area contributed by atoms with Gasteiger partial charge in [-0.15, -0.1) is 0 Å². The highest BCUT2D eigenvalue weighted by Gasteiger charge is 2.56. The van der Waals surface area contributed by atoms with Crippen molar-refractivity contribution in [3.05, 3.63) is 235 Å². The van der Waals surface area contributed by atoms with Gasteiger partial charge in [0.15, 0.2) is 0 Å². The Bertz CT molecular complexity index is 3320. The molecule has 2 bridgehead atoms. The monoisotopic (exact) mass is 833 g/mol.